The summed E-state index contributed by atoms with van der Waals surface area (Å²) in [6.07, 6.45) is 0.318. The van der Waals surface area contributed by atoms with E-state index in [1.165, 1.54) is 11.3 Å². The number of hydrogen-bond donors (Lipinski definition) is 1. The average Bonchev–Trinajstić information content (AvgIpc) is 3.40. The molecular weight excluding hydrogens is 436 g/mol. The van der Waals surface area contributed by atoms with Crippen molar-refractivity contribution >= 4 is 43.2 Å². The van der Waals surface area contributed by atoms with Crippen LogP contribution in [0.15, 0.2) is 69.3 Å². The molecule has 4 aromatic rings. The van der Waals surface area contributed by atoms with Crippen LogP contribution in [0.5, 0.6) is 5.75 Å². The van der Waals surface area contributed by atoms with Crippen molar-refractivity contribution in [1.29, 1.82) is 0 Å². The first-order valence-electron chi connectivity index (χ1n) is 9.56. The van der Waals surface area contributed by atoms with E-state index in [1.807, 2.05) is 24.3 Å². The Morgan fingerprint density at radius 2 is 1.97 bits per heavy atom. The van der Waals surface area contributed by atoms with Crippen LogP contribution in [-0.4, -0.2) is 32.2 Å². The molecule has 31 heavy (non-hydrogen) atoms. The lowest BCUT2D eigenvalue weighted by Gasteiger charge is -2.04. The second kappa shape index (κ2) is 8.91. The Hall–Kier alpha value is -3.17. The molecule has 0 spiro atoms. The van der Waals surface area contributed by atoms with Gasteiger partial charge >= 0.3 is 0 Å². The van der Waals surface area contributed by atoms with Gasteiger partial charge < -0.3 is 14.5 Å². The molecule has 4 rings (SSSR count). The number of aromatic nitrogens is 1. The molecule has 0 aliphatic heterocycles. The summed E-state index contributed by atoms with van der Waals surface area (Å²) < 4.78 is 35.6. The summed E-state index contributed by atoms with van der Waals surface area (Å²) in [5.74, 6) is 0.962. The maximum Gasteiger partial charge on any atom is 0.226 e. The van der Waals surface area contributed by atoms with Gasteiger partial charge in [0.2, 0.25) is 5.91 Å². The number of ether oxygens (including phenoxy) is 1. The molecule has 0 radical (unpaired) electrons. The maximum absolute atomic E-state index is 12.3. The van der Waals surface area contributed by atoms with E-state index in [9.17, 15) is 13.2 Å². The molecule has 0 aliphatic rings. The third kappa shape index (κ3) is 4.95. The first kappa shape index (κ1) is 21.1. The van der Waals surface area contributed by atoms with Crippen LogP contribution >= 0.6 is 11.3 Å². The van der Waals surface area contributed by atoms with Crippen LogP contribution in [0.4, 0.5) is 5.13 Å². The summed E-state index contributed by atoms with van der Waals surface area (Å²) in [7, 11) is -1.79. The fourth-order valence-electron chi connectivity index (χ4n) is 3.07. The summed E-state index contributed by atoms with van der Waals surface area (Å²) in [4.78, 5) is 16.9. The highest BCUT2D eigenvalue weighted by Crippen LogP contribution is 2.32. The third-order valence-electron chi connectivity index (χ3n) is 4.65. The number of carbonyl (C=O) groups excluding carboxylic acids is 1. The number of methoxy groups -OCH3 is 1. The molecule has 2 aromatic carbocycles. The normalized spacial score (nSPS) is 11.5. The van der Waals surface area contributed by atoms with Crippen molar-refractivity contribution in [3.8, 4) is 17.2 Å². The molecule has 9 heteroatoms. The molecule has 2 heterocycles. The molecule has 1 amide bonds. The minimum Gasteiger partial charge on any atom is -0.497 e. The fraction of sp³-hybridized carbons (Fsp3) is 0.182. The molecule has 0 atom stereocenters. The average molecular weight is 457 g/mol. The van der Waals surface area contributed by atoms with E-state index in [-0.39, 0.29) is 29.4 Å². The number of carbonyl (C=O) groups is 1. The first-order valence-corrected chi connectivity index (χ1v) is 12.1. The van der Waals surface area contributed by atoms with Crippen LogP contribution in [0.3, 0.4) is 0 Å². The van der Waals surface area contributed by atoms with Crippen molar-refractivity contribution in [2.45, 2.75) is 17.7 Å². The molecule has 0 bridgehead atoms. The van der Waals surface area contributed by atoms with Gasteiger partial charge in [0.05, 0.1) is 17.8 Å². The molecule has 7 nitrogen and oxygen atoms in total. The van der Waals surface area contributed by atoms with Crippen molar-refractivity contribution in [3.05, 3.63) is 60.0 Å². The maximum atomic E-state index is 12.3. The molecule has 0 fully saturated rings. The van der Waals surface area contributed by atoms with Gasteiger partial charge in [-0.2, -0.15) is 0 Å². The van der Waals surface area contributed by atoms with Gasteiger partial charge in [-0.3, -0.25) is 4.79 Å². The molecule has 0 aliphatic carbocycles. The minimum atomic E-state index is -3.39. The molecule has 160 valence electrons. The Balaban J connectivity index is 1.35. The zero-order chi connectivity index (χ0) is 21.8. The molecule has 0 saturated carbocycles. The Labute approximate surface area is 183 Å². The van der Waals surface area contributed by atoms with E-state index in [1.54, 1.807) is 42.8 Å². The van der Waals surface area contributed by atoms with Gasteiger partial charge in [-0.1, -0.05) is 18.2 Å². The van der Waals surface area contributed by atoms with Crippen molar-refractivity contribution in [2.24, 2.45) is 0 Å². The van der Waals surface area contributed by atoms with Gasteiger partial charge in [0, 0.05) is 17.2 Å². The Morgan fingerprint density at radius 1 is 1.16 bits per heavy atom. The predicted molar refractivity (Wildman–Crippen MR) is 120 cm³/mol. The smallest absolute Gasteiger partial charge is 0.226 e. The number of thiazole rings is 1. The van der Waals surface area contributed by atoms with Crippen LogP contribution < -0.4 is 10.1 Å². The number of fused-ring (bicyclic) bond motifs is 1. The quantitative estimate of drug-likeness (QED) is 0.411. The monoisotopic (exact) mass is 456 g/mol. The molecule has 0 unspecified atom stereocenters. The molecular formula is C22H20N2O5S2. The second-order valence-corrected chi connectivity index (χ2v) is 9.80. The van der Waals surface area contributed by atoms with Gasteiger partial charge in [-0.25, -0.2) is 13.4 Å². The lowest BCUT2D eigenvalue weighted by Crippen LogP contribution is -2.14. The summed E-state index contributed by atoms with van der Waals surface area (Å²) in [6.45, 7) is 0. The van der Waals surface area contributed by atoms with E-state index in [0.717, 1.165) is 11.1 Å². The topological polar surface area (TPSA) is 98.5 Å². The van der Waals surface area contributed by atoms with Crippen molar-refractivity contribution < 1.29 is 22.4 Å². The van der Waals surface area contributed by atoms with Crippen molar-refractivity contribution in [1.82, 2.24) is 4.98 Å². The van der Waals surface area contributed by atoms with E-state index >= 15 is 0 Å². The Morgan fingerprint density at radius 3 is 2.74 bits per heavy atom. The lowest BCUT2D eigenvalue weighted by molar-refractivity contribution is -0.116. The Bertz CT molecular complexity index is 1310. The van der Waals surface area contributed by atoms with E-state index in [4.69, 9.17) is 9.15 Å². The van der Waals surface area contributed by atoms with Crippen molar-refractivity contribution in [2.75, 3.05) is 18.2 Å². The van der Waals surface area contributed by atoms with Crippen molar-refractivity contribution in [3.63, 3.8) is 0 Å². The van der Waals surface area contributed by atoms with Gasteiger partial charge in [0.25, 0.3) is 0 Å². The summed E-state index contributed by atoms with van der Waals surface area (Å²) in [6, 6.07) is 15.6. The van der Waals surface area contributed by atoms with Crippen LogP contribution in [0.25, 0.3) is 22.4 Å². The number of benzene rings is 2. The molecule has 0 saturated heterocycles. The number of nitrogens with one attached hydrogen (secondary N) is 1. The van der Waals surface area contributed by atoms with Gasteiger partial charge in [-0.05, 0) is 42.8 Å². The van der Waals surface area contributed by atoms with Gasteiger partial charge in [0.1, 0.15) is 17.0 Å². The summed E-state index contributed by atoms with van der Waals surface area (Å²) in [5.41, 5.74) is 1.33. The number of hydrogen-bond acceptors (Lipinski definition) is 7. The number of furan rings is 1. The minimum absolute atomic E-state index is 0.0873. The third-order valence-corrected chi connectivity index (χ3v) is 7.22. The number of rotatable bonds is 8. The number of amides is 1. The summed E-state index contributed by atoms with van der Waals surface area (Å²) in [5, 5.41) is 5.85. The number of anilines is 1. The SMILES string of the molecule is COc1ccc2oc(-c3csc(NC(=O)CCCS(=O)(=O)c4ccccc4)n3)cc2c1. The Kier molecular flexibility index (Phi) is 6.06. The van der Waals surface area contributed by atoms with Crippen LogP contribution in [0, 0.1) is 0 Å². The largest absolute Gasteiger partial charge is 0.497 e. The number of sulfone groups is 1. The van der Waals surface area contributed by atoms with Gasteiger partial charge in [-0.15, -0.1) is 11.3 Å². The predicted octanol–water partition coefficient (Wildman–Crippen LogP) is 4.76. The van der Waals surface area contributed by atoms with E-state index in [0.29, 0.717) is 22.2 Å². The zero-order valence-electron chi connectivity index (χ0n) is 16.7. The lowest BCUT2D eigenvalue weighted by atomic mass is 10.2. The fourth-order valence-corrected chi connectivity index (χ4v) is 5.12. The van der Waals surface area contributed by atoms with E-state index < -0.39 is 9.84 Å². The summed E-state index contributed by atoms with van der Waals surface area (Å²) >= 11 is 1.28. The molecule has 1 N–H and O–H groups in total. The highest BCUT2D eigenvalue weighted by atomic mass is 32.2. The van der Waals surface area contributed by atoms with Crippen LogP contribution in [-0.2, 0) is 14.6 Å². The van der Waals surface area contributed by atoms with Crippen LogP contribution in [0.1, 0.15) is 12.8 Å². The van der Waals surface area contributed by atoms with E-state index in [2.05, 4.69) is 10.3 Å². The number of nitrogens with zero attached hydrogens (tertiary/aromatic N) is 1. The highest BCUT2D eigenvalue weighted by molar-refractivity contribution is 7.91. The first-order chi connectivity index (χ1) is 14.9. The second-order valence-electron chi connectivity index (χ2n) is 6.84. The standard InChI is InChI=1S/C22H20N2O5S2/c1-28-16-9-10-19-15(12-16)13-20(29-19)18-14-30-22(23-18)24-21(25)8-5-11-31(26,27)17-6-3-2-4-7-17/h2-4,6-7,9-10,12-14H,5,8,11H2,1H3,(H,23,24,25). The highest BCUT2D eigenvalue weighted by Gasteiger charge is 2.16. The van der Waals surface area contributed by atoms with Gasteiger partial charge in [0.15, 0.2) is 20.7 Å². The zero-order valence-corrected chi connectivity index (χ0v) is 18.3. The van der Waals surface area contributed by atoms with Crippen LogP contribution in [0.2, 0.25) is 0 Å². The molecule has 2 aromatic heterocycles.